The lowest BCUT2D eigenvalue weighted by Crippen LogP contribution is -2.21. The Morgan fingerprint density at radius 1 is 1.35 bits per heavy atom. The zero-order chi connectivity index (χ0) is 14.0. The number of imidazole rings is 1. The van der Waals surface area contributed by atoms with Crippen LogP contribution in [0.5, 0.6) is 0 Å². The maximum Gasteiger partial charge on any atom is 0.150 e. The van der Waals surface area contributed by atoms with Crippen LogP contribution in [0.4, 0.5) is 0 Å². The zero-order valence-corrected chi connectivity index (χ0v) is 12.9. The van der Waals surface area contributed by atoms with Crippen LogP contribution in [0.3, 0.4) is 0 Å². The van der Waals surface area contributed by atoms with Gasteiger partial charge in [0, 0.05) is 38.7 Å². The highest BCUT2D eigenvalue weighted by molar-refractivity contribution is 7.13. The molecule has 0 aliphatic rings. The van der Waals surface area contributed by atoms with Crippen molar-refractivity contribution in [3.05, 3.63) is 29.9 Å². The Morgan fingerprint density at radius 3 is 3.10 bits per heavy atom. The number of nitrogens with zero attached hydrogens (tertiary/aromatic N) is 2. The molecular weight excluding hydrogens is 270 g/mol. The fraction of sp³-hybridized carbons (Fsp3) is 0.533. The molecule has 2 aromatic rings. The number of hydrogen-bond donors (Lipinski definition) is 1. The lowest BCUT2D eigenvalue weighted by Gasteiger charge is -2.08. The minimum Gasteiger partial charge on any atom is -0.382 e. The molecular formula is C15H23N3OS. The molecule has 0 spiro atoms. The van der Waals surface area contributed by atoms with Gasteiger partial charge >= 0.3 is 0 Å². The molecule has 2 aromatic heterocycles. The molecule has 4 nitrogen and oxygen atoms in total. The van der Waals surface area contributed by atoms with Crippen LogP contribution in [-0.2, 0) is 11.3 Å². The second kappa shape index (κ2) is 8.89. The number of ether oxygens (including phenoxy) is 1. The molecule has 0 saturated heterocycles. The van der Waals surface area contributed by atoms with Crippen LogP contribution in [0.15, 0.2) is 29.9 Å². The van der Waals surface area contributed by atoms with Crippen molar-refractivity contribution in [2.45, 2.75) is 26.3 Å². The summed E-state index contributed by atoms with van der Waals surface area (Å²) in [6.45, 7) is 6.72. The topological polar surface area (TPSA) is 39.1 Å². The third-order valence-corrected chi connectivity index (χ3v) is 3.95. The summed E-state index contributed by atoms with van der Waals surface area (Å²) in [5.74, 6) is 1.07. The molecule has 5 heteroatoms. The quantitative estimate of drug-likeness (QED) is 0.684. The number of aromatic nitrogens is 2. The lowest BCUT2D eigenvalue weighted by molar-refractivity contribution is 0.143. The average Bonchev–Trinajstić information content (AvgIpc) is 3.11. The summed E-state index contributed by atoms with van der Waals surface area (Å²) in [7, 11) is 0. The van der Waals surface area contributed by atoms with E-state index < -0.39 is 0 Å². The number of nitrogens with one attached hydrogen (secondary N) is 1. The van der Waals surface area contributed by atoms with Crippen molar-refractivity contribution in [2.24, 2.45) is 0 Å². The van der Waals surface area contributed by atoms with Crippen LogP contribution >= 0.6 is 11.3 Å². The van der Waals surface area contributed by atoms with Crippen molar-refractivity contribution < 1.29 is 4.74 Å². The highest BCUT2D eigenvalue weighted by Gasteiger charge is 2.05. The van der Waals surface area contributed by atoms with Gasteiger partial charge in [0.05, 0.1) is 4.88 Å². The van der Waals surface area contributed by atoms with Gasteiger partial charge in [-0.15, -0.1) is 11.3 Å². The summed E-state index contributed by atoms with van der Waals surface area (Å²) in [6.07, 6.45) is 6.22. The van der Waals surface area contributed by atoms with Crippen LogP contribution in [0, 0.1) is 0 Å². The van der Waals surface area contributed by atoms with Crippen LogP contribution < -0.4 is 5.32 Å². The van der Waals surface area contributed by atoms with E-state index in [1.165, 1.54) is 11.3 Å². The average molecular weight is 293 g/mol. The van der Waals surface area contributed by atoms with Crippen molar-refractivity contribution in [1.29, 1.82) is 0 Å². The summed E-state index contributed by atoms with van der Waals surface area (Å²) < 4.78 is 7.52. The van der Waals surface area contributed by atoms with Gasteiger partial charge in [-0.1, -0.05) is 6.07 Å². The number of thiophene rings is 1. The predicted molar refractivity (Wildman–Crippen MR) is 84.1 cm³/mol. The second-order valence-corrected chi connectivity index (χ2v) is 5.52. The SMILES string of the molecule is CCOCCCCNCCn1ccnc1-c1cccs1. The summed E-state index contributed by atoms with van der Waals surface area (Å²) in [5.41, 5.74) is 0. The van der Waals surface area contributed by atoms with Gasteiger partial charge in [0.1, 0.15) is 5.82 Å². The molecule has 110 valence electrons. The van der Waals surface area contributed by atoms with Gasteiger partial charge in [0.25, 0.3) is 0 Å². The Kier molecular flexibility index (Phi) is 6.77. The highest BCUT2D eigenvalue weighted by atomic mass is 32.1. The van der Waals surface area contributed by atoms with E-state index in [9.17, 15) is 0 Å². The van der Waals surface area contributed by atoms with E-state index in [1.807, 2.05) is 19.3 Å². The number of rotatable bonds is 10. The zero-order valence-electron chi connectivity index (χ0n) is 12.0. The molecule has 0 aliphatic carbocycles. The van der Waals surface area contributed by atoms with Crippen LogP contribution in [0.25, 0.3) is 10.7 Å². The van der Waals surface area contributed by atoms with E-state index in [2.05, 4.69) is 32.4 Å². The number of unbranched alkanes of at least 4 members (excludes halogenated alkanes) is 1. The molecule has 2 heterocycles. The molecule has 0 amide bonds. The van der Waals surface area contributed by atoms with Crippen molar-refractivity contribution in [3.8, 4) is 10.7 Å². The molecule has 0 unspecified atom stereocenters. The van der Waals surface area contributed by atoms with Crippen LogP contribution in [0.1, 0.15) is 19.8 Å². The Hall–Kier alpha value is -1.17. The van der Waals surface area contributed by atoms with Gasteiger partial charge in [0.2, 0.25) is 0 Å². The Bertz CT molecular complexity index is 467. The maximum atomic E-state index is 5.32. The van der Waals surface area contributed by atoms with Gasteiger partial charge < -0.3 is 14.6 Å². The van der Waals surface area contributed by atoms with Crippen molar-refractivity contribution in [3.63, 3.8) is 0 Å². The standard InChI is InChI=1S/C15H23N3OS/c1-2-19-12-4-3-7-16-8-10-18-11-9-17-15(18)14-6-5-13-20-14/h5-6,9,11,13,16H,2-4,7-8,10,12H2,1H3. The summed E-state index contributed by atoms with van der Waals surface area (Å²) in [4.78, 5) is 5.66. The van der Waals surface area contributed by atoms with Crippen molar-refractivity contribution >= 4 is 11.3 Å². The first-order chi connectivity index (χ1) is 9.92. The predicted octanol–water partition coefficient (Wildman–Crippen LogP) is 3.02. The normalized spacial score (nSPS) is 11.1. The third kappa shape index (κ3) is 4.74. The fourth-order valence-electron chi connectivity index (χ4n) is 2.04. The van der Waals surface area contributed by atoms with E-state index in [0.29, 0.717) is 0 Å². The minimum atomic E-state index is 0.819. The molecule has 1 N–H and O–H groups in total. The second-order valence-electron chi connectivity index (χ2n) is 4.58. The molecule has 0 saturated carbocycles. The monoisotopic (exact) mass is 293 g/mol. The van der Waals surface area contributed by atoms with Gasteiger partial charge in [-0.05, 0) is 37.8 Å². The maximum absolute atomic E-state index is 5.32. The number of hydrogen-bond acceptors (Lipinski definition) is 4. The summed E-state index contributed by atoms with van der Waals surface area (Å²) in [5, 5.41) is 5.56. The Morgan fingerprint density at radius 2 is 2.30 bits per heavy atom. The van der Waals surface area contributed by atoms with Crippen LogP contribution in [0.2, 0.25) is 0 Å². The third-order valence-electron chi connectivity index (χ3n) is 3.08. The van der Waals surface area contributed by atoms with Crippen LogP contribution in [-0.4, -0.2) is 35.9 Å². The molecule has 0 aliphatic heterocycles. The van der Waals surface area contributed by atoms with Crippen molar-refractivity contribution in [2.75, 3.05) is 26.3 Å². The Labute approximate surface area is 124 Å². The van der Waals surface area contributed by atoms with Gasteiger partial charge in [-0.25, -0.2) is 4.98 Å². The van der Waals surface area contributed by atoms with E-state index in [0.717, 1.165) is 45.1 Å². The van der Waals surface area contributed by atoms with Gasteiger partial charge in [-0.3, -0.25) is 0 Å². The van der Waals surface area contributed by atoms with Gasteiger partial charge in [0.15, 0.2) is 0 Å². The highest BCUT2D eigenvalue weighted by Crippen LogP contribution is 2.22. The molecule has 2 rings (SSSR count). The summed E-state index contributed by atoms with van der Waals surface area (Å²) >= 11 is 1.73. The first-order valence-electron chi connectivity index (χ1n) is 7.25. The molecule has 0 atom stereocenters. The molecule has 0 radical (unpaired) electrons. The Balaban J connectivity index is 1.64. The first kappa shape index (κ1) is 15.2. The van der Waals surface area contributed by atoms with E-state index >= 15 is 0 Å². The van der Waals surface area contributed by atoms with E-state index in [1.54, 1.807) is 11.3 Å². The van der Waals surface area contributed by atoms with E-state index in [-0.39, 0.29) is 0 Å². The van der Waals surface area contributed by atoms with E-state index in [4.69, 9.17) is 4.74 Å². The molecule has 0 bridgehead atoms. The molecule has 0 fully saturated rings. The lowest BCUT2D eigenvalue weighted by atomic mass is 10.3. The van der Waals surface area contributed by atoms with Gasteiger partial charge in [-0.2, -0.15) is 0 Å². The fourth-order valence-corrected chi connectivity index (χ4v) is 2.78. The molecule has 20 heavy (non-hydrogen) atoms. The largest absolute Gasteiger partial charge is 0.382 e. The first-order valence-corrected chi connectivity index (χ1v) is 8.13. The summed E-state index contributed by atoms with van der Waals surface area (Å²) in [6, 6.07) is 4.18. The minimum absolute atomic E-state index is 0.819. The molecule has 0 aromatic carbocycles. The van der Waals surface area contributed by atoms with Crippen molar-refractivity contribution in [1.82, 2.24) is 14.9 Å². The smallest absolute Gasteiger partial charge is 0.150 e.